The lowest BCUT2D eigenvalue weighted by Gasteiger charge is -2.29. The highest BCUT2D eigenvalue weighted by Crippen LogP contribution is 2.31. The summed E-state index contributed by atoms with van der Waals surface area (Å²) in [7, 11) is 1.34. The molecular weight excluding hydrogens is 450 g/mol. The van der Waals surface area contributed by atoms with Crippen LogP contribution < -0.4 is 4.90 Å². The van der Waals surface area contributed by atoms with Crippen LogP contribution in [0.5, 0.6) is 0 Å². The Bertz CT molecular complexity index is 1080. The van der Waals surface area contributed by atoms with Crippen LogP contribution >= 0.6 is 23.7 Å². The molecule has 2 aromatic carbocycles. The second kappa shape index (κ2) is 10.9. The van der Waals surface area contributed by atoms with E-state index in [-0.39, 0.29) is 18.3 Å². The van der Waals surface area contributed by atoms with Crippen LogP contribution in [-0.4, -0.2) is 68.3 Å². The number of para-hydroxylation sites is 1. The number of carbonyl (C=O) groups excluding carboxylic acids is 2. The molecule has 0 N–H and O–H groups in total. The summed E-state index contributed by atoms with van der Waals surface area (Å²) in [4.78, 5) is 34.0. The topological polar surface area (TPSA) is 72.0 Å². The molecule has 170 valence electrons. The van der Waals surface area contributed by atoms with Crippen molar-refractivity contribution >= 4 is 51.0 Å². The number of hydrogen-bond donors (Lipinski definition) is 0. The second-order valence-electron chi connectivity index (χ2n) is 7.40. The first-order valence-electron chi connectivity index (χ1n) is 10.2. The molecule has 1 aliphatic rings. The SMILES string of the molecule is COC(=O)c1ccc(C(=O)N(CCN2CCOCC2)c2nc3c(C)cccc3s2)cc1.Cl. The molecule has 0 spiro atoms. The average molecular weight is 476 g/mol. The van der Waals surface area contributed by atoms with E-state index in [1.807, 2.05) is 25.1 Å². The number of aryl methyl sites for hydroxylation is 1. The van der Waals surface area contributed by atoms with Crippen molar-refractivity contribution in [1.82, 2.24) is 9.88 Å². The van der Waals surface area contributed by atoms with E-state index in [9.17, 15) is 9.59 Å². The molecule has 9 heteroatoms. The molecular formula is C23H26ClN3O4S. The number of anilines is 1. The molecule has 1 aromatic heterocycles. The molecule has 0 bridgehead atoms. The predicted octanol–water partition coefficient (Wildman–Crippen LogP) is 3.79. The fourth-order valence-electron chi connectivity index (χ4n) is 3.56. The number of nitrogens with zero attached hydrogens (tertiary/aromatic N) is 3. The fraction of sp³-hybridized carbons (Fsp3) is 0.348. The van der Waals surface area contributed by atoms with Crippen molar-refractivity contribution in [2.24, 2.45) is 0 Å². The first-order valence-corrected chi connectivity index (χ1v) is 11.0. The van der Waals surface area contributed by atoms with Crippen molar-refractivity contribution in [3.63, 3.8) is 0 Å². The Morgan fingerprint density at radius 3 is 2.47 bits per heavy atom. The summed E-state index contributed by atoms with van der Waals surface area (Å²) in [5.41, 5.74) is 2.93. The van der Waals surface area contributed by atoms with E-state index in [0.717, 1.165) is 35.4 Å². The van der Waals surface area contributed by atoms with Crippen molar-refractivity contribution in [2.45, 2.75) is 6.92 Å². The van der Waals surface area contributed by atoms with Crippen LogP contribution in [-0.2, 0) is 9.47 Å². The number of amides is 1. The zero-order chi connectivity index (χ0) is 21.8. The van der Waals surface area contributed by atoms with Crippen LogP contribution in [0.3, 0.4) is 0 Å². The smallest absolute Gasteiger partial charge is 0.337 e. The molecule has 3 aromatic rings. The number of halogens is 1. The van der Waals surface area contributed by atoms with Crippen molar-refractivity contribution in [3.05, 3.63) is 59.2 Å². The number of thiazole rings is 1. The first-order chi connectivity index (χ1) is 15.1. The zero-order valence-electron chi connectivity index (χ0n) is 18.1. The minimum absolute atomic E-state index is 0. The van der Waals surface area contributed by atoms with Crippen molar-refractivity contribution in [2.75, 3.05) is 51.4 Å². The summed E-state index contributed by atoms with van der Waals surface area (Å²) in [6, 6.07) is 12.6. The Hall–Kier alpha value is -2.52. The molecule has 32 heavy (non-hydrogen) atoms. The maximum Gasteiger partial charge on any atom is 0.337 e. The van der Waals surface area contributed by atoms with Gasteiger partial charge in [0, 0.05) is 31.7 Å². The fourth-order valence-corrected chi connectivity index (χ4v) is 4.63. The van der Waals surface area contributed by atoms with Gasteiger partial charge < -0.3 is 9.47 Å². The molecule has 7 nitrogen and oxygen atoms in total. The van der Waals surface area contributed by atoms with Crippen molar-refractivity contribution in [3.8, 4) is 0 Å². The van der Waals surface area contributed by atoms with E-state index in [1.165, 1.54) is 18.4 Å². The number of rotatable bonds is 6. The van der Waals surface area contributed by atoms with Gasteiger partial charge in [0.25, 0.3) is 5.91 Å². The standard InChI is InChI=1S/C23H25N3O4S.ClH/c1-16-4-3-5-19-20(16)24-23(31-19)26(11-10-25-12-14-30-15-13-25)21(27)17-6-8-18(9-7-17)22(28)29-2;/h3-9H,10-15H2,1-2H3;1H. The number of methoxy groups -OCH3 is 1. The Balaban J connectivity index is 0.00000289. The second-order valence-corrected chi connectivity index (χ2v) is 8.41. The van der Waals surface area contributed by atoms with Gasteiger partial charge in [-0.15, -0.1) is 12.4 Å². The molecule has 0 aliphatic carbocycles. The molecule has 0 unspecified atom stereocenters. The number of fused-ring (bicyclic) bond motifs is 1. The van der Waals surface area contributed by atoms with Crippen LogP contribution in [0.25, 0.3) is 10.2 Å². The van der Waals surface area contributed by atoms with Gasteiger partial charge in [-0.05, 0) is 42.8 Å². The van der Waals surface area contributed by atoms with Gasteiger partial charge in [-0.3, -0.25) is 14.6 Å². The number of esters is 1. The lowest BCUT2D eigenvalue weighted by molar-refractivity contribution is 0.0391. The Kier molecular flexibility index (Phi) is 8.20. The van der Waals surface area contributed by atoms with Gasteiger partial charge in [0.05, 0.1) is 36.1 Å². The first kappa shape index (κ1) is 24.1. The molecule has 0 saturated carbocycles. The highest BCUT2D eigenvalue weighted by Gasteiger charge is 2.23. The summed E-state index contributed by atoms with van der Waals surface area (Å²) >= 11 is 1.52. The summed E-state index contributed by atoms with van der Waals surface area (Å²) in [6.07, 6.45) is 0. The highest BCUT2D eigenvalue weighted by molar-refractivity contribution is 7.22. The van der Waals surface area contributed by atoms with E-state index < -0.39 is 5.97 Å². The highest BCUT2D eigenvalue weighted by atomic mass is 35.5. The number of benzene rings is 2. The van der Waals surface area contributed by atoms with Gasteiger partial charge in [0.15, 0.2) is 5.13 Å². The van der Waals surface area contributed by atoms with Crippen LogP contribution in [0, 0.1) is 6.92 Å². The monoisotopic (exact) mass is 475 g/mol. The molecule has 2 heterocycles. The third kappa shape index (κ3) is 5.27. The number of ether oxygens (including phenoxy) is 2. The summed E-state index contributed by atoms with van der Waals surface area (Å²) in [6.45, 7) is 6.42. The Labute approximate surface area is 197 Å². The molecule has 1 fully saturated rings. The lowest BCUT2D eigenvalue weighted by atomic mass is 10.1. The van der Waals surface area contributed by atoms with E-state index in [1.54, 1.807) is 29.2 Å². The molecule has 1 amide bonds. The molecule has 0 atom stereocenters. The van der Waals surface area contributed by atoms with Crippen molar-refractivity contribution in [1.29, 1.82) is 0 Å². The number of aromatic nitrogens is 1. The summed E-state index contributed by atoms with van der Waals surface area (Å²) < 4.78 is 11.2. The number of carbonyl (C=O) groups is 2. The molecule has 4 rings (SSSR count). The Morgan fingerprint density at radius 1 is 1.12 bits per heavy atom. The average Bonchev–Trinajstić information content (AvgIpc) is 3.25. The number of morpholine rings is 1. The normalized spacial score (nSPS) is 14.1. The van der Waals surface area contributed by atoms with Gasteiger partial charge >= 0.3 is 5.97 Å². The van der Waals surface area contributed by atoms with Gasteiger partial charge in [-0.25, -0.2) is 9.78 Å². The zero-order valence-corrected chi connectivity index (χ0v) is 19.7. The van der Waals surface area contributed by atoms with Gasteiger partial charge in [-0.2, -0.15) is 0 Å². The summed E-state index contributed by atoms with van der Waals surface area (Å²) in [5.74, 6) is -0.564. The van der Waals surface area contributed by atoms with Crippen LogP contribution in [0.15, 0.2) is 42.5 Å². The van der Waals surface area contributed by atoms with E-state index in [4.69, 9.17) is 14.5 Å². The summed E-state index contributed by atoms with van der Waals surface area (Å²) in [5, 5.41) is 0.680. The third-order valence-corrected chi connectivity index (χ3v) is 6.43. The minimum Gasteiger partial charge on any atom is -0.465 e. The predicted molar refractivity (Wildman–Crippen MR) is 128 cm³/mol. The minimum atomic E-state index is -0.426. The van der Waals surface area contributed by atoms with Gasteiger partial charge in [0.2, 0.25) is 0 Å². The van der Waals surface area contributed by atoms with Crippen LogP contribution in [0.1, 0.15) is 26.3 Å². The lowest BCUT2D eigenvalue weighted by Crippen LogP contribution is -2.43. The van der Waals surface area contributed by atoms with Crippen LogP contribution in [0.2, 0.25) is 0 Å². The maximum atomic E-state index is 13.5. The quantitative estimate of drug-likeness (QED) is 0.505. The van der Waals surface area contributed by atoms with E-state index >= 15 is 0 Å². The van der Waals surface area contributed by atoms with E-state index in [2.05, 4.69) is 4.90 Å². The van der Waals surface area contributed by atoms with Gasteiger partial charge in [0.1, 0.15) is 0 Å². The van der Waals surface area contributed by atoms with E-state index in [0.29, 0.717) is 36.0 Å². The molecule has 1 saturated heterocycles. The Morgan fingerprint density at radius 2 is 1.81 bits per heavy atom. The largest absolute Gasteiger partial charge is 0.465 e. The molecule has 1 aliphatic heterocycles. The number of hydrogen-bond acceptors (Lipinski definition) is 7. The third-order valence-electron chi connectivity index (χ3n) is 5.38. The van der Waals surface area contributed by atoms with Gasteiger partial charge in [-0.1, -0.05) is 23.5 Å². The van der Waals surface area contributed by atoms with Crippen molar-refractivity contribution < 1.29 is 19.1 Å². The van der Waals surface area contributed by atoms with Crippen LogP contribution in [0.4, 0.5) is 5.13 Å². The molecule has 0 radical (unpaired) electrons. The maximum absolute atomic E-state index is 13.5.